The molecule has 3 N–H and O–H groups in total. The van der Waals surface area contributed by atoms with Gasteiger partial charge in [0.2, 0.25) is 5.91 Å². The van der Waals surface area contributed by atoms with Crippen LogP contribution in [0.2, 0.25) is 0 Å². The monoisotopic (exact) mass is 226 g/mol. The summed E-state index contributed by atoms with van der Waals surface area (Å²) in [5, 5.41) is 2.79. The molecule has 16 heavy (non-hydrogen) atoms. The van der Waals surface area contributed by atoms with Gasteiger partial charge in [-0.05, 0) is 12.8 Å². The number of nitrogens with two attached hydrogens (primary N) is 1. The summed E-state index contributed by atoms with van der Waals surface area (Å²) in [5.41, 5.74) is 5.47. The molecule has 0 radical (unpaired) electrons. The first-order valence-electron chi connectivity index (χ1n) is 5.87. The number of likely N-dealkylation sites (N-methyl/N-ethyl adjacent to an activating group) is 1. The zero-order valence-electron chi connectivity index (χ0n) is 10.2. The number of carbonyl (C=O) groups excluding carboxylic acids is 1. The Balaban J connectivity index is 2.34. The molecular weight excluding hydrogens is 204 g/mol. The lowest BCUT2D eigenvalue weighted by Gasteiger charge is -2.31. The number of carbonyl (C=O) groups is 1. The number of aliphatic imine (C=N–C) groups is 1. The van der Waals surface area contributed by atoms with Crippen LogP contribution in [0.4, 0.5) is 0 Å². The van der Waals surface area contributed by atoms with Gasteiger partial charge < -0.3 is 16.0 Å². The maximum atomic E-state index is 11.8. The summed E-state index contributed by atoms with van der Waals surface area (Å²) in [6.45, 7) is 0.232. The molecule has 0 aromatic carbocycles. The molecule has 1 fully saturated rings. The maximum absolute atomic E-state index is 11.8. The lowest BCUT2D eigenvalue weighted by atomic mass is 9.94. The van der Waals surface area contributed by atoms with Crippen LogP contribution in [-0.2, 0) is 4.79 Å². The molecule has 0 saturated heterocycles. The zero-order valence-corrected chi connectivity index (χ0v) is 10.2. The lowest BCUT2D eigenvalue weighted by molar-refractivity contribution is -0.131. The molecule has 0 heterocycles. The average Bonchev–Trinajstić information content (AvgIpc) is 2.35. The molecule has 0 atom stereocenters. The topological polar surface area (TPSA) is 70.7 Å². The van der Waals surface area contributed by atoms with E-state index < -0.39 is 0 Å². The molecule has 5 heteroatoms. The normalized spacial score (nSPS) is 18.2. The summed E-state index contributed by atoms with van der Waals surface area (Å²) in [6, 6.07) is 0.405. The molecule has 1 aliphatic carbocycles. The summed E-state index contributed by atoms with van der Waals surface area (Å²) < 4.78 is 0. The van der Waals surface area contributed by atoms with Gasteiger partial charge in [-0.1, -0.05) is 19.3 Å². The van der Waals surface area contributed by atoms with Crippen molar-refractivity contribution in [2.24, 2.45) is 10.7 Å². The van der Waals surface area contributed by atoms with E-state index in [1.165, 1.54) is 19.3 Å². The number of rotatable bonds is 3. The van der Waals surface area contributed by atoms with Crippen LogP contribution in [0.5, 0.6) is 0 Å². The molecule has 0 aromatic rings. The van der Waals surface area contributed by atoms with Crippen molar-refractivity contribution in [1.29, 1.82) is 0 Å². The van der Waals surface area contributed by atoms with Crippen molar-refractivity contribution in [2.45, 2.75) is 38.1 Å². The van der Waals surface area contributed by atoms with Gasteiger partial charge in [-0.25, -0.2) is 0 Å². The molecule has 0 bridgehead atoms. The molecule has 1 aliphatic rings. The van der Waals surface area contributed by atoms with Crippen LogP contribution >= 0.6 is 0 Å². The first-order chi connectivity index (χ1) is 7.65. The quantitative estimate of drug-likeness (QED) is 0.537. The summed E-state index contributed by atoms with van der Waals surface area (Å²) in [5.74, 6) is 0.392. The number of nitrogens with one attached hydrogen (secondary N) is 1. The van der Waals surface area contributed by atoms with Crippen LogP contribution in [-0.4, -0.2) is 43.4 Å². The van der Waals surface area contributed by atoms with E-state index in [-0.39, 0.29) is 12.5 Å². The van der Waals surface area contributed by atoms with Gasteiger partial charge in [0.1, 0.15) is 0 Å². The van der Waals surface area contributed by atoms with Crippen LogP contribution in [0.25, 0.3) is 0 Å². The van der Waals surface area contributed by atoms with Crippen LogP contribution in [0.15, 0.2) is 4.99 Å². The maximum Gasteiger partial charge on any atom is 0.241 e. The molecule has 92 valence electrons. The predicted octanol–water partition coefficient (Wildman–Crippen LogP) is 0.312. The zero-order chi connectivity index (χ0) is 12.0. The molecule has 0 spiro atoms. The van der Waals surface area contributed by atoms with Gasteiger partial charge in [0.25, 0.3) is 0 Å². The standard InChI is InChI=1S/C11H22N4O/c1-13-11(12)14-8-10(16)15(2)9-6-4-3-5-7-9/h9H,3-8H2,1-2H3,(H3,12,13,14). The fourth-order valence-electron chi connectivity index (χ4n) is 2.04. The van der Waals surface area contributed by atoms with Gasteiger partial charge >= 0.3 is 0 Å². The highest BCUT2D eigenvalue weighted by Gasteiger charge is 2.21. The second kappa shape index (κ2) is 6.35. The van der Waals surface area contributed by atoms with E-state index in [1.807, 2.05) is 11.9 Å². The second-order valence-corrected chi connectivity index (χ2v) is 4.26. The highest BCUT2D eigenvalue weighted by Crippen LogP contribution is 2.21. The summed E-state index contributed by atoms with van der Waals surface area (Å²) >= 11 is 0. The third-order valence-electron chi connectivity index (χ3n) is 3.18. The Labute approximate surface area is 97.1 Å². The van der Waals surface area contributed by atoms with E-state index in [0.717, 1.165) is 12.8 Å². The average molecular weight is 226 g/mol. The lowest BCUT2D eigenvalue weighted by Crippen LogP contribution is -2.45. The second-order valence-electron chi connectivity index (χ2n) is 4.26. The Morgan fingerprint density at radius 1 is 1.44 bits per heavy atom. The van der Waals surface area contributed by atoms with E-state index in [2.05, 4.69) is 10.3 Å². The van der Waals surface area contributed by atoms with Crippen LogP contribution < -0.4 is 11.1 Å². The minimum atomic E-state index is 0.0819. The third-order valence-corrected chi connectivity index (χ3v) is 3.18. The molecule has 0 aromatic heterocycles. The van der Waals surface area contributed by atoms with Gasteiger partial charge in [-0.3, -0.25) is 9.79 Å². The molecule has 1 rings (SSSR count). The molecule has 1 amide bonds. The molecule has 0 aliphatic heterocycles. The number of amides is 1. The fraction of sp³-hybridized carbons (Fsp3) is 0.818. The Morgan fingerprint density at radius 2 is 2.06 bits per heavy atom. The van der Waals surface area contributed by atoms with E-state index in [9.17, 15) is 4.79 Å². The molecule has 1 saturated carbocycles. The van der Waals surface area contributed by atoms with Crippen molar-refractivity contribution in [3.8, 4) is 0 Å². The van der Waals surface area contributed by atoms with Crippen LogP contribution in [0.1, 0.15) is 32.1 Å². The van der Waals surface area contributed by atoms with Crippen molar-refractivity contribution in [3.05, 3.63) is 0 Å². The summed E-state index contributed by atoms with van der Waals surface area (Å²) in [4.78, 5) is 17.4. The Kier molecular flexibility index (Phi) is 5.08. The van der Waals surface area contributed by atoms with E-state index in [0.29, 0.717) is 12.0 Å². The van der Waals surface area contributed by atoms with Gasteiger partial charge in [-0.2, -0.15) is 0 Å². The van der Waals surface area contributed by atoms with Crippen LogP contribution in [0.3, 0.4) is 0 Å². The number of hydrogen-bond acceptors (Lipinski definition) is 2. The molecular formula is C11H22N4O. The van der Waals surface area contributed by atoms with Gasteiger partial charge in [0, 0.05) is 20.1 Å². The summed E-state index contributed by atoms with van der Waals surface area (Å²) in [7, 11) is 3.47. The van der Waals surface area contributed by atoms with E-state index >= 15 is 0 Å². The number of nitrogens with zero attached hydrogens (tertiary/aromatic N) is 2. The highest BCUT2D eigenvalue weighted by atomic mass is 16.2. The fourth-order valence-corrected chi connectivity index (χ4v) is 2.04. The van der Waals surface area contributed by atoms with E-state index in [4.69, 9.17) is 5.73 Å². The number of hydrogen-bond donors (Lipinski definition) is 2. The Morgan fingerprint density at radius 3 is 2.62 bits per heavy atom. The molecule has 0 unspecified atom stereocenters. The van der Waals surface area contributed by atoms with Crippen molar-refractivity contribution in [2.75, 3.05) is 20.6 Å². The predicted molar refractivity (Wildman–Crippen MR) is 65.2 cm³/mol. The van der Waals surface area contributed by atoms with Crippen molar-refractivity contribution < 1.29 is 4.79 Å². The van der Waals surface area contributed by atoms with Gasteiger partial charge in [0.05, 0.1) is 6.54 Å². The summed E-state index contributed by atoms with van der Waals surface area (Å²) in [6.07, 6.45) is 6.01. The van der Waals surface area contributed by atoms with E-state index in [1.54, 1.807) is 7.05 Å². The SMILES string of the molecule is CN=C(N)NCC(=O)N(C)C1CCCCC1. The first kappa shape index (κ1) is 12.8. The van der Waals surface area contributed by atoms with Crippen LogP contribution in [0, 0.1) is 0 Å². The van der Waals surface area contributed by atoms with Gasteiger partial charge in [0.15, 0.2) is 5.96 Å². The minimum Gasteiger partial charge on any atom is -0.370 e. The van der Waals surface area contributed by atoms with Crippen molar-refractivity contribution in [3.63, 3.8) is 0 Å². The first-order valence-corrected chi connectivity index (χ1v) is 5.87. The van der Waals surface area contributed by atoms with Crippen molar-refractivity contribution in [1.82, 2.24) is 10.2 Å². The Bertz CT molecular complexity index is 259. The molecule has 5 nitrogen and oxygen atoms in total. The van der Waals surface area contributed by atoms with Crippen molar-refractivity contribution >= 4 is 11.9 Å². The largest absolute Gasteiger partial charge is 0.370 e. The highest BCUT2D eigenvalue weighted by molar-refractivity contribution is 5.85. The van der Waals surface area contributed by atoms with Gasteiger partial charge in [-0.15, -0.1) is 0 Å². The third kappa shape index (κ3) is 3.72. The minimum absolute atomic E-state index is 0.0819. The number of guanidine groups is 1. The Hall–Kier alpha value is -1.26. The smallest absolute Gasteiger partial charge is 0.241 e.